The SMILES string of the molecule is CCOCCN1CCC(C2CCN(C(=O)/C=C/c3ccccc3)CC2)CC1. The highest BCUT2D eigenvalue weighted by atomic mass is 16.5. The summed E-state index contributed by atoms with van der Waals surface area (Å²) in [7, 11) is 0. The molecular formula is C23H34N2O2. The standard InChI is InChI=1S/C23H34N2O2/c1-2-27-19-18-24-14-10-21(11-15-24)22-12-16-25(17-13-22)23(26)9-8-20-6-4-3-5-7-20/h3-9,21-22H,2,10-19H2,1H3/b9-8+. The Bertz CT molecular complexity index is 586. The van der Waals surface area contributed by atoms with Gasteiger partial charge in [0.15, 0.2) is 0 Å². The predicted octanol–water partition coefficient (Wildman–Crippen LogP) is 3.69. The summed E-state index contributed by atoms with van der Waals surface area (Å²) in [6.45, 7) is 9.03. The Hall–Kier alpha value is -1.65. The van der Waals surface area contributed by atoms with Gasteiger partial charge in [0.05, 0.1) is 6.61 Å². The fraction of sp³-hybridized carbons (Fsp3) is 0.609. The Morgan fingerprint density at radius 3 is 2.30 bits per heavy atom. The first kappa shape index (κ1) is 20.1. The first-order valence-corrected chi connectivity index (χ1v) is 10.6. The van der Waals surface area contributed by atoms with E-state index in [2.05, 4.69) is 11.8 Å². The van der Waals surface area contributed by atoms with Crippen LogP contribution in [0.25, 0.3) is 6.08 Å². The average molecular weight is 371 g/mol. The number of hydrogen-bond donors (Lipinski definition) is 0. The first-order chi connectivity index (χ1) is 13.3. The molecule has 1 aromatic carbocycles. The van der Waals surface area contributed by atoms with Crippen LogP contribution >= 0.6 is 0 Å². The molecule has 0 atom stereocenters. The molecule has 27 heavy (non-hydrogen) atoms. The van der Waals surface area contributed by atoms with Gasteiger partial charge >= 0.3 is 0 Å². The zero-order chi connectivity index (χ0) is 18.9. The lowest BCUT2D eigenvalue weighted by atomic mass is 9.79. The highest BCUT2D eigenvalue weighted by Gasteiger charge is 2.30. The summed E-state index contributed by atoms with van der Waals surface area (Å²) in [6, 6.07) is 10.0. The van der Waals surface area contributed by atoms with Crippen LogP contribution in [0.1, 0.15) is 38.2 Å². The third-order valence-corrected chi connectivity index (χ3v) is 6.12. The van der Waals surface area contributed by atoms with Crippen LogP contribution in [0.2, 0.25) is 0 Å². The van der Waals surface area contributed by atoms with Crippen molar-refractivity contribution in [3.8, 4) is 0 Å². The summed E-state index contributed by atoms with van der Waals surface area (Å²) in [5, 5.41) is 0. The summed E-state index contributed by atoms with van der Waals surface area (Å²) in [5.41, 5.74) is 1.08. The summed E-state index contributed by atoms with van der Waals surface area (Å²) in [6.07, 6.45) is 8.58. The summed E-state index contributed by atoms with van der Waals surface area (Å²) >= 11 is 0. The van der Waals surface area contributed by atoms with E-state index in [-0.39, 0.29) is 5.91 Å². The zero-order valence-corrected chi connectivity index (χ0v) is 16.7. The second-order valence-corrected chi connectivity index (χ2v) is 7.78. The molecule has 0 radical (unpaired) electrons. The number of rotatable bonds is 7. The Morgan fingerprint density at radius 2 is 1.67 bits per heavy atom. The molecule has 4 heteroatoms. The molecule has 148 valence electrons. The minimum Gasteiger partial charge on any atom is -0.380 e. The van der Waals surface area contributed by atoms with Crippen LogP contribution in [0, 0.1) is 11.8 Å². The van der Waals surface area contributed by atoms with Crippen LogP contribution in [-0.2, 0) is 9.53 Å². The third kappa shape index (κ3) is 6.18. The van der Waals surface area contributed by atoms with Gasteiger partial charge in [-0.15, -0.1) is 0 Å². The van der Waals surface area contributed by atoms with Crippen LogP contribution in [0.4, 0.5) is 0 Å². The number of likely N-dealkylation sites (tertiary alicyclic amines) is 2. The zero-order valence-electron chi connectivity index (χ0n) is 16.7. The molecule has 1 amide bonds. The number of carbonyl (C=O) groups excluding carboxylic acids is 1. The topological polar surface area (TPSA) is 32.8 Å². The van der Waals surface area contributed by atoms with Gasteiger partial charge in [0.2, 0.25) is 5.91 Å². The van der Waals surface area contributed by atoms with Crippen LogP contribution in [0.15, 0.2) is 36.4 Å². The van der Waals surface area contributed by atoms with Crippen LogP contribution in [-0.4, -0.2) is 61.6 Å². The van der Waals surface area contributed by atoms with Gasteiger partial charge in [-0.25, -0.2) is 0 Å². The number of nitrogens with zero attached hydrogens (tertiary/aromatic N) is 2. The van der Waals surface area contributed by atoms with Gasteiger partial charge < -0.3 is 14.5 Å². The molecule has 2 heterocycles. The summed E-state index contributed by atoms with van der Waals surface area (Å²) in [4.78, 5) is 17.0. The molecule has 3 rings (SSSR count). The van der Waals surface area contributed by atoms with Crippen molar-refractivity contribution in [3.63, 3.8) is 0 Å². The van der Waals surface area contributed by atoms with E-state index in [1.807, 2.05) is 41.3 Å². The molecule has 0 aliphatic carbocycles. The molecule has 4 nitrogen and oxygen atoms in total. The van der Waals surface area contributed by atoms with E-state index in [0.717, 1.165) is 63.1 Å². The normalized spacial score (nSPS) is 20.4. The molecule has 0 unspecified atom stereocenters. The molecule has 2 aliphatic rings. The lowest BCUT2D eigenvalue weighted by Crippen LogP contribution is -2.42. The van der Waals surface area contributed by atoms with E-state index in [1.54, 1.807) is 6.08 Å². The largest absolute Gasteiger partial charge is 0.380 e. The van der Waals surface area contributed by atoms with Crippen molar-refractivity contribution < 1.29 is 9.53 Å². The van der Waals surface area contributed by atoms with E-state index in [9.17, 15) is 4.79 Å². The Balaban J connectivity index is 1.38. The molecular weight excluding hydrogens is 336 g/mol. The molecule has 2 aliphatic heterocycles. The van der Waals surface area contributed by atoms with E-state index in [4.69, 9.17) is 4.74 Å². The van der Waals surface area contributed by atoms with Crippen molar-refractivity contribution >= 4 is 12.0 Å². The molecule has 0 aromatic heterocycles. The molecule has 2 fully saturated rings. The van der Waals surface area contributed by atoms with Crippen molar-refractivity contribution in [1.29, 1.82) is 0 Å². The van der Waals surface area contributed by atoms with Crippen LogP contribution in [0.3, 0.4) is 0 Å². The second-order valence-electron chi connectivity index (χ2n) is 7.78. The maximum Gasteiger partial charge on any atom is 0.246 e. The van der Waals surface area contributed by atoms with Crippen molar-refractivity contribution in [3.05, 3.63) is 42.0 Å². The van der Waals surface area contributed by atoms with E-state index < -0.39 is 0 Å². The van der Waals surface area contributed by atoms with E-state index in [0.29, 0.717) is 0 Å². The fourth-order valence-corrected chi connectivity index (χ4v) is 4.41. The molecule has 0 N–H and O–H groups in total. The maximum atomic E-state index is 12.4. The Labute approximate surface area is 164 Å². The Morgan fingerprint density at radius 1 is 1.04 bits per heavy atom. The quantitative estimate of drug-likeness (QED) is 0.542. The van der Waals surface area contributed by atoms with Gasteiger partial charge in [-0.1, -0.05) is 30.3 Å². The number of hydrogen-bond acceptors (Lipinski definition) is 3. The third-order valence-electron chi connectivity index (χ3n) is 6.12. The number of amides is 1. The van der Waals surface area contributed by atoms with Gasteiger partial charge in [-0.3, -0.25) is 4.79 Å². The highest BCUT2D eigenvalue weighted by molar-refractivity contribution is 5.91. The number of ether oxygens (including phenoxy) is 1. The Kier molecular flexibility index (Phi) is 7.91. The fourth-order valence-electron chi connectivity index (χ4n) is 4.41. The summed E-state index contributed by atoms with van der Waals surface area (Å²) < 4.78 is 5.48. The molecule has 0 spiro atoms. The monoisotopic (exact) mass is 370 g/mol. The van der Waals surface area contributed by atoms with Crippen molar-refractivity contribution in [1.82, 2.24) is 9.80 Å². The molecule has 1 aromatic rings. The lowest BCUT2D eigenvalue weighted by Gasteiger charge is -2.40. The van der Waals surface area contributed by atoms with Crippen molar-refractivity contribution in [2.45, 2.75) is 32.6 Å². The van der Waals surface area contributed by atoms with Crippen molar-refractivity contribution in [2.75, 3.05) is 45.9 Å². The van der Waals surface area contributed by atoms with E-state index in [1.165, 1.54) is 25.9 Å². The summed E-state index contributed by atoms with van der Waals surface area (Å²) in [5.74, 6) is 1.79. The van der Waals surface area contributed by atoms with E-state index >= 15 is 0 Å². The minimum absolute atomic E-state index is 0.156. The second kappa shape index (κ2) is 10.6. The van der Waals surface area contributed by atoms with Gasteiger partial charge in [-0.05, 0) is 69.2 Å². The molecule has 0 saturated carbocycles. The first-order valence-electron chi connectivity index (χ1n) is 10.6. The molecule has 2 saturated heterocycles. The smallest absolute Gasteiger partial charge is 0.246 e. The number of piperidine rings is 2. The number of benzene rings is 1. The highest BCUT2D eigenvalue weighted by Crippen LogP contribution is 2.32. The minimum atomic E-state index is 0.156. The van der Waals surface area contributed by atoms with Crippen LogP contribution in [0.5, 0.6) is 0 Å². The average Bonchev–Trinajstić information content (AvgIpc) is 2.74. The van der Waals surface area contributed by atoms with Gasteiger partial charge in [0.25, 0.3) is 0 Å². The maximum absolute atomic E-state index is 12.4. The predicted molar refractivity (Wildman–Crippen MR) is 110 cm³/mol. The van der Waals surface area contributed by atoms with Crippen LogP contribution < -0.4 is 0 Å². The van der Waals surface area contributed by atoms with Crippen molar-refractivity contribution in [2.24, 2.45) is 11.8 Å². The number of carbonyl (C=O) groups is 1. The lowest BCUT2D eigenvalue weighted by molar-refractivity contribution is -0.127. The van der Waals surface area contributed by atoms with Gasteiger partial charge in [-0.2, -0.15) is 0 Å². The molecule has 0 bridgehead atoms. The van der Waals surface area contributed by atoms with Gasteiger partial charge in [0, 0.05) is 32.3 Å². The van der Waals surface area contributed by atoms with Gasteiger partial charge in [0.1, 0.15) is 0 Å².